The lowest BCUT2D eigenvalue weighted by atomic mass is 10.1. The van der Waals surface area contributed by atoms with Crippen molar-refractivity contribution in [1.82, 2.24) is 15.2 Å². The Hall–Kier alpha value is -2.60. The second kappa shape index (κ2) is 9.92. The average Bonchev–Trinajstić information content (AvgIpc) is 2.64. The van der Waals surface area contributed by atoms with Gasteiger partial charge in [-0.1, -0.05) is 0 Å². The normalized spacial score (nSPS) is 10.7. The van der Waals surface area contributed by atoms with Crippen molar-refractivity contribution in [2.24, 2.45) is 0 Å². The number of aromatic nitrogens is 1. The molecule has 27 heavy (non-hydrogen) atoms. The molecule has 1 amide bonds. The molecule has 0 radical (unpaired) electrons. The van der Waals surface area contributed by atoms with E-state index < -0.39 is 0 Å². The second-order valence-electron chi connectivity index (χ2n) is 6.82. The Morgan fingerprint density at radius 3 is 2.48 bits per heavy atom. The van der Waals surface area contributed by atoms with E-state index in [1.165, 1.54) is 5.69 Å². The van der Waals surface area contributed by atoms with Crippen molar-refractivity contribution in [1.29, 1.82) is 0 Å². The van der Waals surface area contributed by atoms with Crippen molar-refractivity contribution in [3.63, 3.8) is 0 Å². The van der Waals surface area contributed by atoms with Gasteiger partial charge in [-0.2, -0.15) is 0 Å². The van der Waals surface area contributed by atoms with Crippen molar-refractivity contribution in [3.05, 3.63) is 47.8 Å². The molecule has 0 aliphatic heterocycles. The molecular weight excluding hydrogens is 338 g/mol. The van der Waals surface area contributed by atoms with Crippen LogP contribution in [0.1, 0.15) is 29.8 Å². The molecule has 2 rings (SSSR count). The Labute approximate surface area is 162 Å². The minimum Gasteiger partial charge on any atom is -0.372 e. The van der Waals surface area contributed by atoms with Crippen LogP contribution in [0.4, 0.5) is 17.1 Å². The molecule has 1 aromatic heterocycles. The highest BCUT2D eigenvalue weighted by atomic mass is 16.1. The molecule has 1 aromatic carbocycles. The number of nitrogens with one attached hydrogen (secondary N) is 2. The molecule has 1 heterocycles. The standard InChI is InChI=1S/C21H31N5O/c1-6-26(7-2)19-8-9-20(16(3)12-19)24-18-13-17(14-22-15-18)21(27)23-10-11-25(4)5/h8-9,12-15,24H,6-7,10-11H2,1-5H3,(H,23,27). The Morgan fingerprint density at radius 2 is 1.85 bits per heavy atom. The first kappa shape index (κ1) is 20.7. The summed E-state index contributed by atoms with van der Waals surface area (Å²) in [5.74, 6) is -0.110. The highest BCUT2D eigenvalue weighted by molar-refractivity contribution is 5.94. The summed E-state index contributed by atoms with van der Waals surface area (Å²) in [5.41, 5.74) is 4.73. The Bertz CT molecular complexity index is 756. The molecule has 0 bridgehead atoms. The van der Waals surface area contributed by atoms with E-state index in [0.717, 1.165) is 36.6 Å². The number of hydrogen-bond acceptors (Lipinski definition) is 5. The molecule has 6 nitrogen and oxygen atoms in total. The van der Waals surface area contributed by atoms with Crippen molar-refractivity contribution in [2.45, 2.75) is 20.8 Å². The summed E-state index contributed by atoms with van der Waals surface area (Å²) >= 11 is 0. The maximum Gasteiger partial charge on any atom is 0.252 e. The molecule has 0 saturated heterocycles. The van der Waals surface area contributed by atoms with E-state index >= 15 is 0 Å². The lowest BCUT2D eigenvalue weighted by Crippen LogP contribution is -2.31. The Kier molecular flexibility index (Phi) is 7.61. The van der Waals surface area contributed by atoms with Gasteiger partial charge in [0.1, 0.15) is 0 Å². The van der Waals surface area contributed by atoms with Gasteiger partial charge in [-0.05, 0) is 64.7 Å². The molecule has 0 aliphatic carbocycles. The molecule has 0 unspecified atom stereocenters. The average molecular weight is 370 g/mol. The van der Waals surface area contributed by atoms with Gasteiger partial charge < -0.3 is 20.4 Å². The molecule has 0 atom stereocenters. The molecule has 0 aliphatic rings. The zero-order valence-electron chi connectivity index (χ0n) is 17.0. The molecule has 0 fully saturated rings. The Balaban J connectivity index is 2.08. The van der Waals surface area contributed by atoms with Crippen molar-refractivity contribution in [3.8, 4) is 0 Å². The number of rotatable bonds is 9. The number of carbonyl (C=O) groups excluding carboxylic acids is 1. The molecule has 6 heteroatoms. The van der Waals surface area contributed by atoms with Crippen LogP contribution in [0.3, 0.4) is 0 Å². The van der Waals surface area contributed by atoms with Gasteiger partial charge >= 0.3 is 0 Å². The van der Waals surface area contributed by atoms with Crippen molar-refractivity contribution >= 4 is 23.0 Å². The van der Waals surface area contributed by atoms with Crippen LogP contribution in [0.25, 0.3) is 0 Å². The second-order valence-corrected chi connectivity index (χ2v) is 6.82. The SMILES string of the molecule is CCN(CC)c1ccc(Nc2cncc(C(=O)NCCN(C)C)c2)c(C)c1. The van der Waals surface area contributed by atoms with Gasteiger partial charge in [0.15, 0.2) is 0 Å². The van der Waals surface area contributed by atoms with Crippen LogP contribution >= 0.6 is 0 Å². The fourth-order valence-corrected chi connectivity index (χ4v) is 2.86. The van der Waals surface area contributed by atoms with Crippen LogP contribution in [0, 0.1) is 6.92 Å². The number of amides is 1. The predicted molar refractivity (Wildman–Crippen MR) is 113 cm³/mol. The van der Waals surface area contributed by atoms with E-state index in [-0.39, 0.29) is 5.91 Å². The van der Waals surface area contributed by atoms with E-state index in [1.54, 1.807) is 12.4 Å². The zero-order chi connectivity index (χ0) is 19.8. The number of pyridine rings is 1. The van der Waals surface area contributed by atoms with Gasteiger partial charge in [0.25, 0.3) is 5.91 Å². The molecule has 2 N–H and O–H groups in total. The number of likely N-dealkylation sites (N-methyl/N-ethyl adjacent to an activating group) is 1. The summed E-state index contributed by atoms with van der Waals surface area (Å²) in [6.07, 6.45) is 3.32. The number of nitrogens with zero attached hydrogens (tertiary/aromatic N) is 3. The van der Waals surface area contributed by atoms with E-state index in [9.17, 15) is 4.79 Å². The number of aryl methyl sites for hydroxylation is 1. The predicted octanol–water partition coefficient (Wildman–Crippen LogP) is 3.27. The van der Waals surface area contributed by atoms with Crippen LogP contribution in [-0.2, 0) is 0 Å². The zero-order valence-corrected chi connectivity index (χ0v) is 17.0. The smallest absolute Gasteiger partial charge is 0.252 e. The molecule has 0 spiro atoms. The summed E-state index contributed by atoms with van der Waals surface area (Å²) in [5, 5.41) is 6.29. The molecular formula is C21H31N5O. The van der Waals surface area contributed by atoms with Crippen LogP contribution in [0.2, 0.25) is 0 Å². The van der Waals surface area contributed by atoms with Gasteiger partial charge in [0.2, 0.25) is 0 Å². The minimum atomic E-state index is -0.110. The highest BCUT2D eigenvalue weighted by Crippen LogP contribution is 2.25. The first-order valence-corrected chi connectivity index (χ1v) is 9.45. The minimum absolute atomic E-state index is 0.110. The van der Waals surface area contributed by atoms with E-state index in [0.29, 0.717) is 12.1 Å². The van der Waals surface area contributed by atoms with Crippen molar-refractivity contribution in [2.75, 3.05) is 50.5 Å². The topological polar surface area (TPSA) is 60.5 Å². The fourth-order valence-electron chi connectivity index (χ4n) is 2.86. The van der Waals surface area contributed by atoms with Gasteiger partial charge in [0.05, 0.1) is 17.4 Å². The number of benzene rings is 1. The van der Waals surface area contributed by atoms with E-state index in [4.69, 9.17) is 0 Å². The number of hydrogen-bond donors (Lipinski definition) is 2. The maximum absolute atomic E-state index is 12.3. The van der Waals surface area contributed by atoms with Gasteiger partial charge in [-0.15, -0.1) is 0 Å². The van der Waals surface area contributed by atoms with Crippen molar-refractivity contribution < 1.29 is 4.79 Å². The number of carbonyl (C=O) groups is 1. The van der Waals surface area contributed by atoms with Gasteiger partial charge in [-0.3, -0.25) is 9.78 Å². The first-order chi connectivity index (χ1) is 12.9. The van der Waals surface area contributed by atoms with E-state index in [1.807, 2.05) is 25.1 Å². The first-order valence-electron chi connectivity index (χ1n) is 9.45. The van der Waals surface area contributed by atoms with Gasteiger partial charge in [0, 0.05) is 43.8 Å². The molecule has 2 aromatic rings. The maximum atomic E-state index is 12.3. The lowest BCUT2D eigenvalue weighted by molar-refractivity contribution is 0.0950. The van der Waals surface area contributed by atoms with Gasteiger partial charge in [-0.25, -0.2) is 0 Å². The quantitative estimate of drug-likeness (QED) is 0.710. The monoisotopic (exact) mass is 369 g/mol. The van der Waals surface area contributed by atoms with Crippen LogP contribution in [-0.4, -0.2) is 56.1 Å². The fraction of sp³-hybridized carbons (Fsp3) is 0.429. The number of anilines is 3. The lowest BCUT2D eigenvalue weighted by Gasteiger charge is -2.22. The summed E-state index contributed by atoms with van der Waals surface area (Å²) in [6, 6.07) is 8.21. The summed E-state index contributed by atoms with van der Waals surface area (Å²) in [7, 11) is 3.96. The summed E-state index contributed by atoms with van der Waals surface area (Å²) < 4.78 is 0. The molecule has 146 valence electrons. The van der Waals surface area contributed by atoms with Crippen LogP contribution in [0.5, 0.6) is 0 Å². The van der Waals surface area contributed by atoms with Crippen LogP contribution in [0.15, 0.2) is 36.7 Å². The van der Waals surface area contributed by atoms with E-state index in [2.05, 4.69) is 59.5 Å². The third-order valence-corrected chi connectivity index (χ3v) is 4.46. The highest BCUT2D eigenvalue weighted by Gasteiger charge is 2.09. The summed E-state index contributed by atoms with van der Waals surface area (Å²) in [6.45, 7) is 9.78. The Morgan fingerprint density at radius 1 is 1.11 bits per heavy atom. The van der Waals surface area contributed by atoms with Crippen LogP contribution < -0.4 is 15.5 Å². The molecule has 0 saturated carbocycles. The summed E-state index contributed by atoms with van der Waals surface area (Å²) in [4.78, 5) is 20.8. The third-order valence-electron chi connectivity index (χ3n) is 4.46. The largest absolute Gasteiger partial charge is 0.372 e. The third kappa shape index (κ3) is 5.96.